The first-order valence-corrected chi connectivity index (χ1v) is 12.3. The summed E-state index contributed by atoms with van der Waals surface area (Å²) in [6.07, 6.45) is 0.580. The van der Waals surface area contributed by atoms with Crippen LogP contribution in [0.1, 0.15) is 45.0 Å². The first-order chi connectivity index (χ1) is 18.1. The monoisotopic (exact) mass is 535 g/mol. The number of nitro benzene ring substituents is 1. The molecule has 2 aliphatic heterocycles. The van der Waals surface area contributed by atoms with E-state index in [4.69, 9.17) is 9.47 Å². The van der Waals surface area contributed by atoms with E-state index < -0.39 is 34.4 Å². The van der Waals surface area contributed by atoms with Gasteiger partial charge in [0.15, 0.2) is 5.13 Å². The molecule has 3 aromatic rings. The van der Waals surface area contributed by atoms with Gasteiger partial charge in [0.1, 0.15) is 22.5 Å². The van der Waals surface area contributed by atoms with Crippen LogP contribution < -0.4 is 9.64 Å². The molecule has 1 saturated heterocycles. The van der Waals surface area contributed by atoms with Gasteiger partial charge in [-0.25, -0.2) is 9.78 Å². The third-order valence-corrected chi connectivity index (χ3v) is 7.53. The zero-order valence-corrected chi connectivity index (χ0v) is 21.3. The molecule has 2 aromatic carbocycles. The number of amides is 1. The number of nitrogens with zero attached hydrogens (tertiary/aromatic N) is 3. The maximum absolute atomic E-state index is 13.4. The molecule has 12 heteroatoms. The molecule has 2 aliphatic rings. The van der Waals surface area contributed by atoms with Gasteiger partial charge in [0.05, 0.1) is 29.3 Å². The van der Waals surface area contributed by atoms with Crippen molar-refractivity contribution in [1.82, 2.24) is 4.98 Å². The van der Waals surface area contributed by atoms with Crippen LogP contribution in [0.4, 0.5) is 10.8 Å². The Bertz CT molecular complexity index is 1540. The van der Waals surface area contributed by atoms with Crippen LogP contribution in [-0.4, -0.2) is 45.9 Å². The number of aliphatic hydroxyl groups is 1. The number of ketones is 1. The predicted octanol–water partition coefficient (Wildman–Crippen LogP) is 4.10. The number of anilines is 1. The molecule has 0 radical (unpaired) electrons. The van der Waals surface area contributed by atoms with E-state index >= 15 is 0 Å². The Balaban J connectivity index is 1.68. The topological polar surface area (TPSA) is 149 Å². The highest BCUT2D eigenvalue weighted by Gasteiger charge is 2.48. The van der Waals surface area contributed by atoms with Gasteiger partial charge in [-0.2, -0.15) is 0 Å². The molecule has 1 N–H and O–H groups in total. The van der Waals surface area contributed by atoms with Crippen molar-refractivity contribution in [2.24, 2.45) is 0 Å². The standard InChI is InChI=1S/C26H21N3O8S/c1-12-10-16-11-15(6-9-18(16)37-12)21(30)19-20(14-4-7-17(8-5-14)29(34)35)28(24(32)22(19)31)26-27-13(2)23(38-26)25(33)36-3/h4-9,11-12,20,30H,10H2,1-3H3. The van der Waals surface area contributed by atoms with Crippen molar-refractivity contribution in [1.29, 1.82) is 0 Å². The average Bonchev–Trinajstić information content (AvgIpc) is 3.55. The molecule has 0 spiro atoms. The number of benzene rings is 2. The number of methoxy groups -OCH3 is 1. The van der Waals surface area contributed by atoms with Crippen molar-refractivity contribution >= 4 is 45.6 Å². The molecule has 1 aromatic heterocycles. The second kappa shape index (κ2) is 9.38. The van der Waals surface area contributed by atoms with Gasteiger partial charge < -0.3 is 14.6 Å². The molecule has 2 unspecified atom stereocenters. The lowest BCUT2D eigenvalue weighted by molar-refractivity contribution is -0.384. The lowest BCUT2D eigenvalue weighted by Gasteiger charge is -2.23. The molecule has 194 valence electrons. The third kappa shape index (κ3) is 4.08. The minimum Gasteiger partial charge on any atom is -0.507 e. The number of carbonyl (C=O) groups is 3. The van der Waals surface area contributed by atoms with E-state index in [9.17, 15) is 29.6 Å². The van der Waals surface area contributed by atoms with Crippen LogP contribution in [0.15, 0.2) is 48.0 Å². The van der Waals surface area contributed by atoms with Gasteiger partial charge in [0.2, 0.25) is 0 Å². The lowest BCUT2D eigenvalue weighted by Crippen LogP contribution is -2.29. The summed E-state index contributed by atoms with van der Waals surface area (Å²) >= 11 is 0.866. The zero-order chi connectivity index (χ0) is 27.3. The van der Waals surface area contributed by atoms with Crippen molar-refractivity contribution in [3.05, 3.63) is 85.4 Å². The van der Waals surface area contributed by atoms with Crippen LogP contribution in [0, 0.1) is 17.0 Å². The summed E-state index contributed by atoms with van der Waals surface area (Å²) in [5.41, 5.74) is 1.41. The smallest absolute Gasteiger partial charge is 0.350 e. The molecule has 3 heterocycles. The molecule has 1 amide bonds. The minimum atomic E-state index is -1.16. The number of hydrogen-bond donors (Lipinski definition) is 1. The zero-order valence-electron chi connectivity index (χ0n) is 20.5. The number of nitro groups is 1. The number of hydrogen-bond acceptors (Lipinski definition) is 10. The van der Waals surface area contributed by atoms with Crippen LogP contribution in [0.2, 0.25) is 0 Å². The molecule has 2 atom stereocenters. The predicted molar refractivity (Wildman–Crippen MR) is 136 cm³/mol. The minimum absolute atomic E-state index is 0.0368. The Hall–Kier alpha value is -4.58. The number of aliphatic hydroxyl groups excluding tert-OH is 1. The fourth-order valence-electron chi connectivity index (χ4n) is 4.62. The molecule has 11 nitrogen and oxygen atoms in total. The van der Waals surface area contributed by atoms with Crippen molar-refractivity contribution in [2.45, 2.75) is 32.4 Å². The summed E-state index contributed by atoms with van der Waals surface area (Å²) in [6, 6.07) is 9.15. The Kier molecular flexibility index (Phi) is 6.19. The number of ether oxygens (including phenoxy) is 2. The van der Waals surface area contributed by atoms with E-state index in [0.717, 1.165) is 21.8 Å². The molecule has 0 saturated carbocycles. The van der Waals surface area contributed by atoms with Gasteiger partial charge in [-0.1, -0.05) is 11.3 Å². The second-order valence-corrected chi connectivity index (χ2v) is 9.85. The Labute approximate surface area is 220 Å². The van der Waals surface area contributed by atoms with Crippen LogP contribution in [0.25, 0.3) is 5.76 Å². The first-order valence-electron chi connectivity index (χ1n) is 11.5. The highest BCUT2D eigenvalue weighted by molar-refractivity contribution is 7.17. The van der Waals surface area contributed by atoms with Crippen LogP contribution in [-0.2, 0) is 20.7 Å². The van der Waals surface area contributed by atoms with E-state index in [2.05, 4.69) is 4.98 Å². The number of esters is 1. The van der Waals surface area contributed by atoms with Crippen molar-refractivity contribution in [3.63, 3.8) is 0 Å². The van der Waals surface area contributed by atoms with Gasteiger partial charge >= 0.3 is 11.9 Å². The maximum Gasteiger partial charge on any atom is 0.350 e. The molecule has 0 bridgehead atoms. The number of aryl methyl sites for hydroxylation is 1. The van der Waals surface area contributed by atoms with E-state index in [0.29, 0.717) is 29.0 Å². The quantitative estimate of drug-likeness (QED) is 0.127. The Morgan fingerprint density at radius 1 is 1.24 bits per heavy atom. The third-order valence-electron chi connectivity index (χ3n) is 6.40. The molecule has 38 heavy (non-hydrogen) atoms. The van der Waals surface area contributed by atoms with E-state index in [1.165, 1.54) is 31.4 Å². The number of non-ortho nitro benzene ring substituents is 1. The fourth-order valence-corrected chi connectivity index (χ4v) is 5.63. The van der Waals surface area contributed by atoms with E-state index in [1.807, 2.05) is 6.92 Å². The van der Waals surface area contributed by atoms with Gasteiger partial charge in [-0.3, -0.25) is 24.6 Å². The van der Waals surface area contributed by atoms with Gasteiger partial charge in [0, 0.05) is 24.1 Å². The molecular formula is C26H21N3O8S. The molecule has 1 fully saturated rings. The maximum atomic E-state index is 13.4. The van der Waals surface area contributed by atoms with Gasteiger partial charge in [0.25, 0.3) is 11.5 Å². The molecule has 0 aliphatic carbocycles. The highest BCUT2D eigenvalue weighted by Crippen LogP contribution is 2.44. The first kappa shape index (κ1) is 25.1. The number of Topliss-reactive ketones (excluding diaryl/α,β-unsaturated/α-hetero) is 1. The van der Waals surface area contributed by atoms with Crippen LogP contribution in [0.3, 0.4) is 0 Å². The van der Waals surface area contributed by atoms with E-state index in [-0.39, 0.29) is 27.4 Å². The number of rotatable bonds is 5. The Morgan fingerprint density at radius 3 is 2.61 bits per heavy atom. The van der Waals surface area contributed by atoms with Crippen molar-refractivity contribution in [3.8, 4) is 5.75 Å². The summed E-state index contributed by atoms with van der Waals surface area (Å²) in [4.78, 5) is 55.1. The van der Waals surface area contributed by atoms with Crippen molar-refractivity contribution in [2.75, 3.05) is 12.0 Å². The summed E-state index contributed by atoms with van der Waals surface area (Å²) in [7, 11) is 1.21. The summed E-state index contributed by atoms with van der Waals surface area (Å²) in [5, 5.41) is 22.6. The molecule has 5 rings (SSSR count). The second-order valence-electron chi connectivity index (χ2n) is 8.88. The largest absolute Gasteiger partial charge is 0.507 e. The van der Waals surface area contributed by atoms with Gasteiger partial charge in [-0.15, -0.1) is 0 Å². The summed E-state index contributed by atoms with van der Waals surface area (Å²) in [6.45, 7) is 3.48. The summed E-state index contributed by atoms with van der Waals surface area (Å²) in [5.74, 6) is -2.29. The number of carbonyl (C=O) groups excluding carboxylic acids is 3. The number of thiazole rings is 1. The average molecular weight is 536 g/mol. The normalized spacial score (nSPS) is 19.8. The Morgan fingerprint density at radius 2 is 1.95 bits per heavy atom. The van der Waals surface area contributed by atoms with E-state index in [1.54, 1.807) is 25.1 Å². The van der Waals surface area contributed by atoms with Crippen molar-refractivity contribution < 1.29 is 33.9 Å². The summed E-state index contributed by atoms with van der Waals surface area (Å²) < 4.78 is 10.5. The SMILES string of the molecule is COC(=O)c1sc(N2C(=O)C(=O)C(=C(O)c3ccc4c(c3)CC(C)O4)C2c2ccc([N+](=O)[O-])cc2)nc1C. The number of fused-ring (bicyclic) bond motifs is 1. The lowest BCUT2D eigenvalue weighted by atomic mass is 9.94. The fraction of sp³-hybridized carbons (Fsp3) is 0.231. The van der Waals surface area contributed by atoms with Crippen LogP contribution >= 0.6 is 11.3 Å². The van der Waals surface area contributed by atoms with Gasteiger partial charge in [-0.05, 0) is 55.3 Å². The highest BCUT2D eigenvalue weighted by atomic mass is 32.1. The molecular weight excluding hydrogens is 514 g/mol. The number of aromatic nitrogens is 1. The van der Waals surface area contributed by atoms with Crippen LogP contribution in [0.5, 0.6) is 5.75 Å².